The Morgan fingerprint density at radius 1 is 1.47 bits per heavy atom. The van der Waals surface area contributed by atoms with Crippen molar-refractivity contribution in [2.24, 2.45) is 5.73 Å². The molecule has 1 aromatic carbocycles. The molecule has 0 aliphatic carbocycles. The molecule has 0 aliphatic heterocycles. The van der Waals surface area contributed by atoms with Gasteiger partial charge in [0.2, 0.25) is 0 Å². The van der Waals surface area contributed by atoms with E-state index in [1.807, 2.05) is 29.7 Å². The van der Waals surface area contributed by atoms with Crippen LogP contribution in [0.4, 0.5) is 0 Å². The molecule has 1 heterocycles. The minimum Gasteiger partial charge on any atom is -0.323 e. The summed E-state index contributed by atoms with van der Waals surface area (Å²) in [7, 11) is 0. The summed E-state index contributed by atoms with van der Waals surface area (Å²) in [6.07, 6.45) is 4.28. The lowest BCUT2D eigenvalue weighted by molar-refractivity contribution is 0.659. The van der Waals surface area contributed by atoms with Crippen LogP contribution in [0.25, 0.3) is 5.69 Å². The van der Waals surface area contributed by atoms with E-state index >= 15 is 0 Å². The van der Waals surface area contributed by atoms with Crippen molar-refractivity contribution in [1.82, 2.24) is 9.55 Å². The van der Waals surface area contributed by atoms with Gasteiger partial charge in [-0.25, -0.2) is 4.98 Å². The van der Waals surface area contributed by atoms with Crippen molar-refractivity contribution >= 4 is 0 Å². The molecule has 2 rings (SSSR count). The van der Waals surface area contributed by atoms with E-state index in [4.69, 9.17) is 11.0 Å². The maximum Gasteiger partial charge on any atom is 0.101 e. The summed E-state index contributed by atoms with van der Waals surface area (Å²) in [6, 6.07) is 9.54. The van der Waals surface area contributed by atoms with E-state index in [2.05, 4.69) is 11.1 Å². The predicted molar refractivity (Wildman–Crippen MR) is 65.5 cm³/mol. The average molecular weight is 226 g/mol. The number of nitrogens with two attached hydrogens (primary N) is 1. The fourth-order valence-electron chi connectivity index (χ4n) is 1.77. The smallest absolute Gasteiger partial charge is 0.101 e. The number of benzene rings is 1. The van der Waals surface area contributed by atoms with Gasteiger partial charge in [-0.2, -0.15) is 5.26 Å². The lowest BCUT2D eigenvalue weighted by atomic mass is 10.1. The van der Waals surface area contributed by atoms with Crippen LogP contribution in [0, 0.1) is 11.3 Å². The highest BCUT2D eigenvalue weighted by molar-refractivity contribution is 5.49. The van der Waals surface area contributed by atoms with Gasteiger partial charge in [-0.3, -0.25) is 0 Å². The van der Waals surface area contributed by atoms with Gasteiger partial charge in [-0.15, -0.1) is 0 Å². The summed E-state index contributed by atoms with van der Waals surface area (Å²) < 4.78 is 1.88. The third-order valence-electron chi connectivity index (χ3n) is 2.77. The number of hydrogen-bond acceptors (Lipinski definition) is 3. The fourth-order valence-corrected chi connectivity index (χ4v) is 1.77. The molecule has 0 radical (unpaired) electrons. The molecule has 1 atom stereocenters. The minimum atomic E-state index is -0.0655. The summed E-state index contributed by atoms with van der Waals surface area (Å²) in [6.45, 7) is 2.03. The van der Waals surface area contributed by atoms with Gasteiger partial charge in [-0.1, -0.05) is 19.1 Å². The van der Waals surface area contributed by atoms with Gasteiger partial charge in [0.1, 0.15) is 6.07 Å². The predicted octanol–water partition coefficient (Wildman–Crippen LogP) is 2.15. The molecule has 0 bridgehead atoms. The van der Waals surface area contributed by atoms with E-state index in [9.17, 15) is 0 Å². The van der Waals surface area contributed by atoms with E-state index in [0.717, 1.165) is 17.8 Å². The standard InChI is InChI=1S/C13H14N4/c1-2-11(15)13-8-16-9-17(13)12-6-4-3-5-10(12)7-14/h3-6,8-9,11H,2,15H2,1H3/t11-/m1/s1. The van der Waals surface area contributed by atoms with Crippen molar-refractivity contribution in [1.29, 1.82) is 5.26 Å². The lowest BCUT2D eigenvalue weighted by Gasteiger charge is -2.13. The van der Waals surface area contributed by atoms with Gasteiger partial charge in [0.15, 0.2) is 0 Å². The third-order valence-corrected chi connectivity index (χ3v) is 2.77. The SMILES string of the molecule is CC[C@@H](N)c1cncn1-c1ccccc1C#N. The third kappa shape index (κ3) is 2.05. The number of hydrogen-bond donors (Lipinski definition) is 1. The Labute approximate surface area is 100 Å². The number of aromatic nitrogens is 2. The first-order valence-corrected chi connectivity index (χ1v) is 5.55. The van der Waals surface area contributed by atoms with Crippen LogP contribution in [0.3, 0.4) is 0 Å². The van der Waals surface area contributed by atoms with Crippen LogP contribution in [0.15, 0.2) is 36.8 Å². The average Bonchev–Trinajstić information content (AvgIpc) is 2.86. The maximum atomic E-state index is 9.09. The van der Waals surface area contributed by atoms with E-state index in [1.54, 1.807) is 18.6 Å². The number of rotatable bonds is 3. The Balaban J connectivity index is 2.54. The monoisotopic (exact) mass is 226 g/mol. The van der Waals surface area contributed by atoms with Gasteiger partial charge in [0, 0.05) is 6.04 Å². The molecule has 1 aromatic heterocycles. The van der Waals surface area contributed by atoms with Crippen molar-refractivity contribution in [3.8, 4) is 11.8 Å². The van der Waals surface area contributed by atoms with E-state index in [-0.39, 0.29) is 6.04 Å². The largest absolute Gasteiger partial charge is 0.323 e. The Bertz CT molecular complexity index is 551. The van der Waals surface area contributed by atoms with Crippen LogP contribution in [0.2, 0.25) is 0 Å². The summed E-state index contributed by atoms with van der Waals surface area (Å²) in [5.41, 5.74) is 8.40. The first-order chi connectivity index (χ1) is 8.27. The zero-order valence-corrected chi connectivity index (χ0v) is 9.67. The second-order valence-corrected chi connectivity index (χ2v) is 3.83. The highest BCUT2D eigenvalue weighted by atomic mass is 15.1. The lowest BCUT2D eigenvalue weighted by Crippen LogP contribution is -2.13. The molecule has 0 fully saturated rings. The van der Waals surface area contributed by atoms with Crippen LogP contribution >= 0.6 is 0 Å². The second-order valence-electron chi connectivity index (χ2n) is 3.83. The van der Waals surface area contributed by atoms with Crippen molar-refractivity contribution in [3.05, 3.63) is 48.0 Å². The topological polar surface area (TPSA) is 67.6 Å². The molecule has 0 saturated heterocycles. The van der Waals surface area contributed by atoms with Gasteiger partial charge in [0.05, 0.1) is 29.5 Å². The van der Waals surface area contributed by atoms with Crippen LogP contribution in [-0.2, 0) is 0 Å². The highest BCUT2D eigenvalue weighted by Crippen LogP contribution is 2.20. The van der Waals surface area contributed by atoms with Gasteiger partial charge < -0.3 is 10.3 Å². The van der Waals surface area contributed by atoms with Gasteiger partial charge in [0.25, 0.3) is 0 Å². The van der Waals surface area contributed by atoms with Crippen molar-refractivity contribution in [2.75, 3.05) is 0 Å². The zero-order valence-electron chi connectivity index (χ0n) is 9.67. The molecule has 0 aliphatic rings. The molecule has 0 amide bonds. The fraction of sp³-hybridized carbons (Fsp3) is 0.231. The van der Waals surface area contributed by atoms with Crippen LogP contribution in [-0.4, -0.2) is 9.55 Å². The second kappa shape index (κ2) is 4.81. The minimum absolute atomic E-state index is 0.0655. The molecule has 4 heteroatoms. The number of imidazole rings is 1. The van der Waals surface area contributed by atoms with Crippen LogP contribution in [0.5, 0.6) is 0 Å². The quantitative estimate of drug-likeness (QED) is 0.871. The summed E-state index contributed by atoms with van der Waals surface area (Å²) in [5.74, 6) is 0. The van der Waals surface area contributed by atoms with Crippen molar-refractivity contribution in [2.45, 2.75) is 19.4 Å². The van der Waals surface area contributed by atoms with E-state index < -0.39 is 0 Å². The Morgan fingerprint density at radius 3 is 2.94 bits per heavy atom. The molecule has 0 unspecified atom stereocenters. The number of nitrogens with zero attached hydrogens (tertiary/aromatic N) is 3. The molecule has 86 valence electrons. The Kier molecular flexibility index (Phi) is 3.22. The van der Waals surface area contributed by atoms with Gasteiger partial charge >= 0.3 is 0 Å². The molecule has 17 heavy (non-hydrogen) atoms. The molecular weight excluding hydrogens is 212 g/mol. The van der Waals surface area contributed by atoms with Crippen molar-refractivity contribution in [3.63, 3.8) is 0 Å². The summed E-state index contributed by atoms with van der Waals surface area (Å²) in [4.78, 5) is 4.12. The van der Waals surface area contributed by atoms with Crippen LogP contribution < -0.4 is 5.73 Å². The van der Waals surface area contributed by atoms with E-state index in [0.29, 0.717) is 5.56 Å². The highest BCUT2D eigenvalue weighted by Gasteiger charge is 2.12. The molecule has 2 N–H and O–H groups in total. The molecule has 0 spiro atoms. The van der Waals surface area contributed by atoms with Gasteiger partial charge in [-0.05, 0) is 18.6 Å². The zero-order chi connectivity index (χ0) is 12.3. The maximum absolute atomic E-state index is 9.09. The normalized spacial score (nSPS) is 12.1. The van der Waals surface area contributed by atoms with Crippen molar-refractivity contribution < 1.29 is 0 Å². The van der Waals surface area contributed by atoms with Crippen LogP contribution in [0.1, 0.15) is 30.6 Å². The summed E-state index contributed by atoms with van der Waals surface area (Å²) >= 11 is 0. The summed E-state index contributed by atoms with van der Waals surface area (Å²) in [5, 5.41) is 9.09. The van der Waals surface area contributed by atoms with E-state index in [1.165, 1.54) is 0 Å². The number of para-hydroxylation sites is 1. The first-order valence-electron chi connectivity index (χ1n) is 5.55. The molecule has 0 saturated carbocycles. The molecular formula is C13H14N4. The molecule has 4 nitrogen and oxygen atoms in total. The Hall–Kier alpha value is -2.12. The molecule has 2 aromatic rings. The first kappa shape index (κ1) is 11.4. The Morgan fingerprint density at radius 2 is 2.24 bits per heavy atom. The number of nitriles is 1.